The summed E-state index contributed by atoms with van der Waals surface area (Å²) in [6.07, 6.45) is 7.94. The van der Waals surface area contributed by atoms with Crippen LogP contribution in [0.15, 0.2) is 78.9 Å². The fourth-order valence-electron chi connectivity index (χ4n) is 7.40. The summed E-state index contributed by atoms with van der Waals surface area (Å²) < 4.78 is 7.05. The van der Waals surface area contributed by atoms with E-state index in [0.717, 1.165) is 5.69 Å². The van der Waals surface area contributed by atoms with E-state index in [2.05, 4.69) is 0 Å². The van der Waals surface area contributed by atoms with Gasteiger partial charge >= 0.3 is 0 Å². The van der Waals surface area contributed by atoms with Crippen molar-refractivity contribution in [3.05, 3.63) is 83.9 Å². The van der Waals surface area contributed by atoms with Gasteiger partial charge in [-0.05, 0) is 36.6 Å². The van der Waals surface area contributed by atoms with Crippen LogP contribution in [0.3, 0.4) is 0 Å². The van der Waals surface area contributed by atoms with Crippen molar-refractivity contribution in [2.75, 3.05) is 29.5 Å². The number of para-hydroxylation sites is 2. The monoisotopic (exact) mass is 589 g/mol. The van der Waals surface area contributed by atoms with Crippen molar-refractivity contribution in [3.63, 3.8) is 0 Å². The number of anilines is 2. The van der Waals surface area contributed by atoms with E-state index < -0.39 is 35.1 Å². The van der Waals surface area contributed by atoms with Crippen LogP contribution >= 0.6 is 11.6 Å². The Morgan fingerprint density at radius 1 is 0.905 bits per heavy atom. The van der Waals surface area contributed by atoms with Gasteiger partial charge in [0.15, 0.2) is 0 Å². The van der Waals surface area contributed by atoms with Gasteiger partial charge in [0, 0.05) is 18.8 Å². The number of aliphatic hydroxyl groups excluding tert-OH is 1. The first-order valence-corrected chi connectivity index (χ1v) is 15.0. The largest absolute Gasteiger partial charge is 0.394 e. The normalized spacial score (nSPS) is 31.2. The minimum absolute atomic E-state index is 0.162. The molecule has 6 rings (SSSR count). The highest BCUT2D eigenvalue weighted by Crippen LogP contribution is 2.59. The molecule has 1 unspecified atom stereocenters. The Bertz CT molecular complexity index is 1460. The molecule has 4 aliphatic heterocycles. The van der Waals surface area contributed by atoms with E-state index in [1.807, 2.05) is 81.5 Å². The van der Waals surface area contributed by atoms with E-state index in [1.54, 1.807) is 28.0 Å². The van der Waals surface area contributed by atoms with E-state index in [9.17, 15) is 19.5 Å². The molecule has 4 heterocycles. The number of likely N-dealkylation sites (tertiary alicyclic amines) is 1. The van der Waals surface area contributed by atoms with Crippen molar-refractivity contribution >= 4 is 40.7 Å². The number of ether oxygens (including phenoxy) is 1. The second kappa shape index (κ2) is 10.7. The maximum Gasteiger partial charge on any atom is 0.253 e. The molecule has 6 atom stereocenters. The quantitative estimate of drug-likeness (QED) is 0.510. The molecule has 8 nitrogen and oxygen atoms in total. The topological polar surface area (TPSA) is 90.4 Å². The lowest BCUT2D eigenvalue weighted by molar-refractivity contribution is -0.150. The molecule has 2 aromatic carbocycles. The summed E-state index contributed by atoms with van der Waals surface area (Å²) in [6, 6.07) is 14.7. The number of rotatable bonds is 6. The Morgan fingerprint density at radius 2 is 1.57 bits per heavy atom. The first-order valence-electron chi connectivity index (χ1n) is 14.6. The molecule has 2 fully saturated rings. The Kier molecular flexibility index (Phi) is 7.28. The summed E-state index contributed by atoms with van der Waals surface area (Å²) in [7, 11) is 0. The van der Waals surface area contributed by atoms with E-state index >= 15 is 0 Å². The Morgan fingerprint density at radius 3 is 2.24 bits per heavy atom. The predicted molar refractivity (Wildman–Crippen MR) is 161 cm³/mol. The van der Waals surface area contributed by atoms with Gasteiger partial charge in [-0.2, -0.15) is 0 Å². The summed E-state index contributed by atoms with van der Waals surface area (Å²) in [5, 5.41) is 10.9. The number of halogens is 1. The zero-order valence-corrected chi connectivity index (χ0v) is 24.8. The van der Waals surface area contributed by atoms with Crippen LogP contribution < -0.4 is 9.80 Å². The molecule has 0 radical (unpaired) electrons. The van der Waals surface area contributed by atoms with E-state index in [1.165, 1.54) is 4.90 Å². The third-order valence-corrected chi connectivity index (χ3v) is 9.72. The van der Waals surface area contributed by atoms with Gasteiger partial charge < -0.3 is 24.5 Å². The smallest absolute Gasteiger partial charge is 0.253 e. The number of nitrogens with zero attached hydrogens (tertiary/aromatic N) is 3. The van der Waals surface area contributed by atoms with Crippen molar-refractivity contribution < 1.29 is 24.2 Å². The van der Waals surface area contributed by atoms with Gasteiger partial charge in [-0.3, -0.25) is 14.4 Å². The second-order valence-electron chi connectivity index (χ2n) is 11.9. The molecule has 0 bridgehead atoms. The first-order chi connectivity index (χ1) is 20.2. The van der Waals surface area contributed by atoms with Crippen LogP contribution in [0.1, 0.15) is 27.2 Å². The van der Waals surface area contributed by atoms with Crippen LogP contribution in [0, 0.1) is 17.8 Å². The minimum atomic E-state index is -1.42. The number of carbonyl (C=O) groups is 3. The highest BCUT2D eigenvalue weighted by molar-refractivity contribution is 6.34. The third kappa shape index (κ3) is 4.07. The van der Waals surface area contributed by atoms with Gasteiger partial charge in [-0.25, -0.2) is 0 Å². The highest BCUT2D eigenvalue weighted by Gasteiger charge is 2.76. The predicted octanol–water partition coefficient (Wildman–Crippen LogP) is 4.22. The fourth-order valence-corrected chi connectivity index (χ4v) is 7.64. The van der Waals surface area contributed by atoms with Crippen molar-refractivity contribution in [1.29, 1.82) is 0 Å². The molecule has 9 heteroatoms. The molecule has 1 spiro atoms. The summed E-state index contributed by atoms with van der Waals surface area (Å²) >= 11 is 6.56. The van der Waals surface area contributed by atoms with Gasteiger partial charge in [0.2, 0.25) is 11.8 Å². The Hall–Kier alpha value is -3.46. The summed E-state index contributed by atoms with van der Waals surface area (Å²) in [5.74, 6) is -2.95. The number of aliphatic hydroxyl groups is 1. The van der Waals surface area contributed by atoms with Gasteiger partial charge in [-0.15, -0.1) is 0 Å². The third-order valence-electron chi connectivity index (χ3n) is 9.40. The van der Waals surface area contributed by atoms with Gasteiger partial charge in [0.05, 0.1) is 40.8 Å². The highest BCUT2D eigenvalue weighted by atomic mass is 35.5. The number of benzene rings is 2. The SMILES string of the molecule is CC[C@@]12C=CCN(c3ccccc3)C(=O)[C@@H]1[C@H]1C(=O)N([C@@H](CO)C(C)C)C3C(=O)N(c4ccccc4Cl)CC=C[C@@]31O2. The molecule has 0 aliphatic carbocycles. The number of amides is 3. The molecular formula is C33H36ClN3O5. The summed E-state index contributed by atoms with van der Waals surface area (Å²) in [4.78, 5) is 48.8. The summed E-state index contributed by atoms with van der Waals surface area (Å²) in [6.45, 7) is 5.98. The molecule has 0 saturated carbocycles. The van der Waals surface area contributed by atoms with Crippen molar-refractivity contribution in [1.82, 2.24) is 4.90 Å². The van der Waals surface area contributed by atoms with Crippen LogP contribution in [0.5, 0.6) is 0 Å². The van der Waals surface area contributed by atoms with Gasteiger partial charge in [-0.1, -0.05) is 87.0 Å². The molecule has 4 aliphatic rings. The average molecular weight is 590 g/mol. The lowest BCUT2D eigenvalue weighted by Crippen LogP contribution is -2.60. The Labute approximate surface area is 251 Å². The van der Waals surface area contributed by atoms with Crippen LogP contribution in [-0.4, -0.2) is 70.7 Å². The lowest BCUT2D eigenvalue weighted by atomic mass is 9.73. The number of hydrogen-bond acceptors (Lipinski definition) is 5. The maximum atomic E-state index is 14.7. The lowest BCUT2D eigenvalue weighted by Gasteiger charge is -2.41. The van der Waals surface area contributed by atoms with E-state index in [4.69, 9.17) is 16.3 Å². The van der Waals surface area contributed by atoms with Crippen LogP contribution in [0.4, 0.5) is 11.4 Å². The minimum Gasteiger partial charge on any atom is -0.394 e. The van der Waals surface area contributed by atoms with Crippen molar-refractivity contribution in [2.24, 2.45) is 17.8 Å². The molecular weight excluding hydrogens is 554 g/mol. The molecule has 42 heavy (non-hydrogen) atoms. The Balaban J connectivity index is 1.54. The van der Waals surface area contributed by atoms with Gasteiger partial charge in [0.1, 0.15) is 11.6 Å². The average Bonchev–Trinajstić information content (AvgIpc) is 3.27. The molecule has 220 valence electrons. The fraction of sp³-hybridized carbons (Fsp3) is 0.424. The van der Waals surface area contributed by atoms with E-state index in [0.29, 0.717) is 23.7 Å². The van der Waals surface area contributed by atoms with Crippen LogP contribution in [0.2, 0.25) is 5.02 Å². The molecule has 2 aromatic rings. The zero-order chi connectivity index (χ0) is 29.8. The maximum absolute atomic E-state index is 14.7. The molecule has 3 amide bonds. The van der Waals surface area contributed by atoms with E-state index in [-0.39, 0.29) is 36.8 Å². The van der Waals surface area contributed by atoms with Crippen LogP contribution in [0.25, 0.3) is 0 Å². The van der Waals surface area contributed by atoms with Crippen molar-refractivity contribution in [3.8, 4) is 0 Å². The molecule has 1 N–H and O–H groups in total. The first kappa shape index (κ1) is 28.6. The zero-order valence-electron chi connectivity index (χ0n) is 24.0. The number of fused-ring (bicyclic) bond motifs is 2. The van der Waals surface area contributed by atoms with Gasteiger partial charge in [0.25, 0.3) is 5.91 Å². The van der Waals surface area contributed by atoms with Crippen molar-refractivity contribution in [2.45, 2.75) is 50.5 Å². The molecule has 0 aromatic heterocycles. The second-order valence-corrected chi connectivity index (χ2v) is 12.3. The van der Waals surface area contributed by atoms with Crippen LogP contribution in [-0.2, 0) is 19.1 Å². The number of carbonyl (C=O) groups excluding carboxylic acids is 3. The molecule has 2 saturated heterocycles. The standard InChI is InChI=1S/C33H36ClN3O5/c1-4-32-16-10-18-35(22-12-6-5-7-13-22)29(39)26(32)27-30(40)37(25(20-38)21(2)3)28-31(41)36(19-11-17-33(27,28)42-32)24-15-9-8-14-23(24)34/h5-17,21,25-28,38H,4,18-20H2,1-3H3/t25-,26-,27-,28?,32+,33-/m0/s1. The number of hydrogen-bond donors (Lipinski definition) is 1. The summed E-state index contributed by atoms with van der Waals surface area (Å²) in [5.41, 5.74) is -1.27.